The van der Waals surface area contributed by atoms with E-state index in [9.17, 15) is 4.79 Å². The first-order chi connectivity index (χ1) is 10.6. The second-order valence-electron chi connectivity index (χ2n) is 5.45. The Balaban J connectivity index is 1.54. The van der Waals surface area contributed by atoms with E-state index in [0.29, 0.717) is 30.4 Å². The summed E-state index contributed by atoms with van der Waals surface area (Å²) in [6.45, 7) is 4.92. The molecule has 2 aromatic rings. The highest BCUT2D eigenvalue weighted by atomic mass is 16.5. The number of likely N-dealkylation sites (tertiary alicyclic amines) is 1. The third kappa shape index (κ3) is 3.24. The van der Waals surface area contributed by atoms with Gasteiger partial charge in [-0.25, -0.2) is 0 Å². The molecule has 2 aromatic heterocycles. The van der Waals surface area contributed by atoms with Gasteiger partial charge in [-0.1, -0.05) is 5.16 Å². The molecule has 1 amide bonds. The molecule has 3 heterocycles. The zero-order valence-corrected chi connectivity index (χ0v) is 12.7. The Hall–Kier alpha value is -2.44. The molecule has 0 aromatic carbocycles. The first-order valence-electron chi connectivity index (χ1n) is 7.31. The summed E-state index contributed by atoms with van der Waals surface area (Å²) >= 11 is 0. The molecular formula is C15H18N4O3. The second-order valence-corrected chi connectivity index (χ2v) is 5.45. The molecule has 0 atom stereocenters. The maximum atomic E-state index is 12.3. The van der Waals surface area contributed by atoms with Gasteiger partial charge in [0.25, 0.3) is 5.91 Å². The number of nitrogens with zero attached hydrogens (tertiary/aromatic N) is 4. The average Bonchev–Trinajstić information content (AvgIpc) is 2.96. The molecule has 0 N–H and O–H groups in total. The van der Waals surface area contributed by atoms with Crippen LogP contribution in [0.2, 0.25) is 0 Å². The van der Waals surface area contributed by atoms with E-state index in [1.807, 2.05) is 19.1 Å². The minimum absolute atomic E-state index is 0.0556. The summed E-state index contributed by atoms with van der Waals surface area (Å²) in [5, 5.41) is 11.7. The lowest BCUT2D eigenvalue weighted by atomic mass is 10.1. The van der Waals surface area contributed by atoms with E-state index in [4.69, 9.17) is 9.26 Å². The Morgan fingerprint density at radius 3 is 2.64 bits per heavy atom. The third-order valence-electron chi connectivity index (χ3n) is 3.64. The number of aromatic nitrogens is 3. The molecule has 0 radical (unpaired) electrons. The summed E-state index contributed by atoms with van der Waals surface area (Å²) in [6, 6.07) is 5.35. The van der Waals surface area contributed by atoms with Crippen molar-refractivity contribution in [2.75, 3.05) is 13.1 Å². The van der Waals surface area contributed by atoms with Crippen LogP contribution in [0.3, 0.4) is 0 Å². The van der Waals surface area contributed by atoms with Crippen molar-refractivity contribution in [3.8, 4) is 5.88 Å². The quantitative estimate of drug-likeness (QED) is 0.859. The zero-order valence-electron chi connectivity index (χ0n) is 12.7. The van der Waals surface area contributed by atoms with Gasteiger partial charge in [-0.3, -0.25) is 4.79 Å². The van der Waals surface area contributed by atoms with Crippen LogP contribution < -0.4 is 4.74 Å². The standard InChI is InChI=1S/C15H18N4O3/c1-10-3-4-14(17-16-10)21-12-5-7-19(8-6-12)15(20)13-9-11(2)22-18-13/h3-4,9,12H,5-8H2,1-2H3. The van der Waals surface area contributed by atoms with Crippen molar-refractivity contribution in [3.63, 3.8) is 0 Å². The highest BCUT2D eigenvalue weighted by molar-refractivity contribution is 5.92. The van der Waals surface area contributed by atoms with E-state index in [0.717, 1.165) is 18.5 Å². The summed E-state index contributed by atoms with van der Waals surface area (Å²) in [4.78, 5) is 14.0. The van der Waals surface area contributed by atoms with Crippen LogP contribution in [0.25, 0.3) is 0 Å². The first-order valence-corrected chi connectivity index (χ1v) is 7.31. The number of carbonyl (C=O) groups excluding carboxylic acids is 1. The lowest BCUT2D eigenvalue weighted by molar-refractivity contribution is 0.0577. The number of aryl methyl sites for hydroxylation is 2. The predicted molar refractivity (Wildman–Crippen MR) is 77.6 cm³/mol. The van der Waals surface area contributed by atoms with Crippen molar-refractivity contribution in [2.45, 2.75) is 32.8 Å². The van der Waals surface area contributed by atoms with Crippen molar-refractivity contribution in [1.29, 1.82) is 0 Å². The Morgan fingerprint density at radius 2 is 2.05 bits per heavy atom. The molecule has 7 nitrogen and oxygen atoms in total. The van der Waals surface area contributed by atoms with Gasteiger partial charge in [0.2, 0.25) is 5.88 Å². The van der Waals surface area contributed by atoms with Crippen LogP contribution in [0.1, 0.15) is 34.8 Å². The van der Waals surface area contributed by atoms with Crippen molar-refractivity contribution in [3.05, 3.63) is 35.3 Å². The van der Waals surface area contributed by atoms with Gasteiger partial charge in [0.1, 0.15) is 11.9 Å². The van der Waals surface area contributed by atoms with Crippen LogP contribution in [0.15, 0.2) is 22.7 Å². The molecule has 1 aliphatic rings. The van der Waals surface area contributed by atoms with Crippen LogP contribution in [0.5, 0.6) is 5.88 Å². The molecule has 1 aliphatic heterocycles. The Morgan fingerprint density at radius 1 is 1.27 bits per heavy atom. The van der Waals surface area contributed by atoms with E-state index in [-0.39, 0.29) is 12.0 Å². The maximum absolute atomic E-state index is 12.3. The zero-order chi connectivity index (χ0) is 15.5. The Kier molecular flexibility index (Phi) is 4.04. The van der Waals surface area contributed by atoms with E-state index >= 15 is 0 Å². The fraction of sp³-hybridized carbons (Fsp3) is 0.467. The Labute approximate surface area is 128 Å². The van der Waals surface area contributed by atoms with E-state index < -0.39 is 0 Å². The molecule has 1 fully saturated rings. The highest BCUT2D eigenvalue weighted by Gasteiger charge is 2.26. The van der Waals surface area contributed by atoms with Crippen molar-refractivity contribution in [2.24, 2.45) is 0 Å². The number of hydrogen-bond donors (Lipinski definition) is 0. The molecule has 0 aliphatic carbocycles. The van der Waals surface area contributed by atoms with Gasteiger partial charge in [0.15, 0.2) is 5.69 Å². The number of rotatable bonds is 3. The van der Waals surface area contributed by atoms with Crippen molar-refractivity contribution in [1.82, 2.24) is 20.3 Å². The molecule has 1 saturated heterocycles. The molecule has 116 valence electrons. The number of amides is 1. The van der Waals surface area contributed by atoms with Gasteiger partial charge in [-0.15, -0.1) is 5.10 Å². The SMILES string of the molecule is Cc1ccc(OC2CCN(C(=O)c3cc(C)on3)CC2)nn1. The molecule has 7 heteroatoms. The normalized spacial score (nSPS) is 15.8. The lowest BCUT2D eigenvalue weighted by Gasteiger charge is -2.31. The van der Waals surface area contributed by atoms with E-state index in [1.165, 1.54) is 0 Å². The highest BCUT2D eigenvalue weighted by Crippen LogP contribution is 2.18. The second kappa shape index (κ2) is 6.13. The molecule has 0 spiro atoms. The van der Waals surface area contributed by atoms with E-state index in [2.05, 4.69) is 15.4 Å². The summed E-state index contributed by atoms with van der Waals surface area (Å²) in [5.74, 6) is 1.08. The van der Waals surface area contributed by atoms with Gasteiger partial charge in [0, 0.05) is 38.1 Å². The van der Waals surface area contributed by atoms with E-state index in [1.54, 1.807) is 17.9 Å². The number of ether oxygens (including phenoxy) is 1. The van der Waals surface area contributed by atoms with Gasteiger partial charge in [-0.2, -0.15) is 5.10 Å². The monoisotopic (exact) mass is 302 g/mol. The first kappa shape index (κ1) is 14.5. The summed E-state index contributed by atoms with van der Waals surface area (Å²) in [5.41, 5.74) is 1.22. The number of carbonyl (C=O) groups is 1. The topological polar surface area (TPSA) is 81.4 Å². The summed E-state index contributed by atoms with van der Waals surface area (Å²) < 4.78 is 10.8. The van der Waals surface area contributed by atoms with Gasteiger partial charge < -0.3 is 14.2 Å². The van der Waals surface area contributed by atoms with Crippen LogP contribution >= 0.6 is 0 Å². The maximum Gasteiger partial charge on any atom is 0.276 e. The molecule has 0 bridgehead atoms. The van der Waals surface area contributed by atoms with Gasteiger partial charge in [-0.05, 0) is 19.9 Å². The minimum atomic E-state index is -0.0922. The molecule has 0 saturated carbocycles. The van der Waals surface area contributed by atoms with Crippen molar-refractivity contribution < 1.29 is 14.1 Å². The molecule has 3 rings (SSSR count). The average molecular weight is 302 g/mol. The number of piperidine rings is 1. The van der Waals surface area contributed by atoms with Gasteiger partial charge in [0.05, 0.1) is 5.69 Å². The van der Waals surface area contributed by atoms with Gasteiger partial charge >= 0.3 is 0 Å². The van der Waals surface area contributed by atoms with Crippen molar-refractivity contribution >= 4 is 5.91 Å². The largest absolute Gasteiger partial charge is 0.473 e. The minimum Gasteiger partial charge on any atom is -0.473 e. The van der Waals surface area contributed by atoms with Crippen LogP contribution in [0, 0.1) is 13.8 Å². The third-order valence-corrected chi connectivity index (χ3v) is 3.64. The number of hydrogen-bond acceptors (Lipinski definition) is 6. The van der Waals surface area contributed by atoms with Crippen LogP contribution in [-0.2, 0) is 0 Å². The molecular weight excluding hydrogens is 284 g/mol. The summed E-state index contributed by atoms with van der Waals surface area (Å²) in [7, 11) is 0. The lowest BCUT2D eigenvalue weighted by Crippen LogP contribution is -2.42. The Bertz CT molecular complexity index is 645. The predicted octanol–water partition coefficient (Wildman–Crippen LogP) is 1.77. The van der Waals surface area contributed by atoms with Crippen LogP contribution in [-0.4, -0.2) is 45.4 Å². The molecule has 0 unspecified atom stereocenters. The fourth-order valence-corrected chi connectivity index (χ4v) is 2.43. The van der Waals surface area contributed by atoms with Crippen LogP contribution in [0.4, 0.5) is 0 Å². The smallest absolute Gasteiger partial charge is 0.276 e. The fourth-order valence-electron chi connectivity index (χ4n) is 2.43. The summed E-state index contributed by atoms with van der Waals surface area (Å²) in [6.07, 6.45) is 1.58. The molecule has 22 heavy (non-hydrogen) atoms.